The number of hydrogen-bond donors (Lipinski definition) is 3. The first-order valence-corrected chi connectivity index (χ1v) is 10.7. The minimum absolute atomic E-state index is 0.160. The van der Waals surface area contributed by atoms with Crippen molar-refractivity contribution in [1.29, 1.82) is 0 Å². The summed E-state index contributed by atoms with van der Waals surface area (Å²) in [6.07, 6.45) is -1.18. The number of alkyl halides is 3. The molecule has 0 aliphatic carbocycles. The van der Waals surface area contributed by atoms with E-state index in [1.165, 1.54) is 6.20 Å². The maximum absolute atomic E-state index is 13.8. The molecule has 0 spiro atoms. The van der Waals surface area contributed by atoms with E-state index in [2.05, 4.69) is 35.5 Å². The smallest absolute Gasteiger partial charge is 0.378 e. The van der Waals surface area contributed by atoms with Gasteiger partial charge in [0.05, 0.1) is 18.9 Å². The second-order valence-electron chi connectivity index (χ2n) is 8.06. The highest BCUT2D eigenvalue weighted by Gasteiger charge is 2.36. The van der Waals surface area contributed by atoms with Crippen LogP contribution in [0.1, 0.15) is 12.0 Å². The fourth-order valence-electron chi connectivity index (χ4n) is 4.16. The fraction of sp³-hybridized carbons (Fsp3) is 0.476. The van der Waals surface area contributed by atoms with Gasteiger partial charge in [0.25, 0.3) is 0 Å². The number of aromatic nitrogens is 4. The summed E-state index contributed by atoms with van der Waals surface area (Å²) in [6, 6.07) is 3.62. The highest BCUT2D eigenvalue weighted by molar-refractivity contribution is 5.94. The summed E-state index contributed by atoms with van der Waals surface area (Å²) < 4.78 is 46.6. The van der Waals surface area contributed by atoms with Gasteiger partial charge in [0, 0.05) is 43.0 Å². The van der Waals surface area contributed by atoms with Gasteiger partial charge in [0.15, 0.2) is 0 Å². The maximum Gasteiger partial charge on any atom is 0.419 e. The van der Waals surface area contributed by atoms with Crippen LogP contribution in [0.2, 0.25) is 0 Å². The van der Waals surface area contributed by atoms with Crippen molar-refractivity contribution < 1.29 is 17.9 Å². The molecule has 2 aliphatic heterocycles. The van der Waals surface area contributed by atoms with Crippen molar-refractivity contribution in [3.05, 3.63) is 30.1 Å². The average Bonchev–Trinajstić information content (AvgIpc) is 3.47. The number of pyridine rings is 1. The monoisotopic (exact) mass is 447 g/mol. The van der Waals surface area contributed by atoms with Crippen molar-refractivity contribution in [1.82, 2.24) is 25.3 Å². The first-order chi connectivity index (χ1) is 15.5. The molecule has 1 unspecified atom stereocenters. The lowest BCUT2D eigenvalue weighted by Gasteiger charge is -2.27. The third kappa shape index (κ3) is 4.22. The largest absolute Gasteiger partial charge is 0.419 e. The lowest BCUT2D eigenvalue weighted by molar-refractivity contribution is -0.137. The molecule has 2 saturated heterocycles. The Morgan fingerprint density at radius 2 is 2.03 bits per heavy atom. The molecule has 0 bridgehead atoms. The molecule has 0 radical (unpaired) electrons. The van der Waals surface area contributed by atoms with Crippen molar-refractivity contribution in [3.63, 3.8) is 0 Å². The molecule has 0 saturated carbocycles. The predicted molar refractivity (Wildman–Crippen MR) is 115 cm³/mol. The molecule has 3 aromatic heterocycles. The van der Waals surface area contributed by atoms with E-state index in [1.54, 1.807) is 6.07 Å². The Kier molecular flexibility index (Phi) is 5.60. The van der Waals surface area contributed by atoms with Crippen molar-refractivity contribution >= 4 is 22.8 Å². The molecular weight excluding hydrogens is 423 g/mol. The zero-order valence-electron chi connectivity index (χ0n) is 17.4. The van der Waals surface area contributed by atoms with E-state index in [-0.39, 0.29) is 11.6 Å². The number of halogens is 3. The van der Waals surface area contributed by atoms with Crippen LogP contribution in [0.15, 0.2) is 24.5 Å². The third-order valence-electron chi connectivity index (χ3n) is 5.92. The molecule has 2 aliphatic rings. The minimum Gasteiger partial charge on any atom is -0.378 e. The number of hydrogen-bond acceptors (Lipinski definition) is 7. The van der Waals surface area contributed by atoms with Gasteiger partial charge in [-0.3, -0.25) is 0 Å². The first-order valence-electron chi connectivity index (χ1n) is 10.7. The normalized spacial score (nSPS) is 19.6. The number of rotatable bonds is 5. The van der Waals surface area contributed by atoms with E-state index in [1.807, 2.05) is 6.07 Å². The lowest BCUT2D eigenvalue weighted by atomic mass is 10.1. The van der Waals surface area contributed by atoms with Gasteiger partial charge in [-0.1, -0.05) is 0 Å². The number of H-pyrrole nitrogens is 1. The Balaban J connectivity index is 1.49. The van der Waals surface area contributed by atoms with Crippen LogP contribution in [0.25, 0.3) is 22.3 Å². The third-order valence-corrected chi connectivity index (χ3v) is 5.92. The van der Waals surface area contributed by atoms with Crippen LogP contribution >= 0.6 is 0 Å². The van der Waals surface area contributed by atoms with E-state index in [9.17, 15) is 13.2 Å². The second-order valence-corrected chi connectivity index (χ2v) is 8.06. The summed E-state index contributed by atoms with van der Waals surface area (Å²) in [5.41, 5.74) is -0.168. The van der Waals surface area contributed by atoms with Crippen LogP contribution < -0.4 is 15.5 Å². The van der Waals surface area contributed by atoms with Crippen LogP contribution in [0, 0.1) is 5.92 Å². The number of aromatic amines is 1. The van der Waals surface area contributed by atoms with Gasteiger partial charge >= 0.3 is 6.18 Å². The molecule has 5 rings (SSSR count). The van der Waals surface area contributed by atoms with Gasteiger partial charge in [0.1, 0.15) is 17.0 Å². The van der Waals surface area contributed by atoms with Crippen LogP contribution in [-0.4, -0.2) is 65.9 Å². The quantitative estimate of drug-likeness (QED) is 0.554. The number of ether oxygens (including phenoxy) is 1. The number of nitrogens with one attached hydrogen (secondary N) is 3. The van der Waals surface area contributed by atoms with Crippen LogP contribution in [0.5, 0.6) is 0 Å². The van der Waals surface area contributed by atoms with Crippen molar-refractivity contribution in [2.24, 2.45) is 5.92 Å². The van der Waals surface area contributed by atoms with Gasteiger partial charge in [-0.2, -0.15) is 13.2 Å². The average molecular weight is 447 g/mol. The zero-order chi connectivity index (χ0) is 22.1. The molecular formula is C21H24F3N7O. The molecule has 32 heavy (non-hydrogen) atoms. The van der Waals surface area contributed by atoms with E-state index in [0.29, 0.717) is 42.3 Å². The van der Waals surface area contributed by atoms with E-state index in [0.717, 1.165) is 44.6 Å². The molecule has 170 valence electrons. The summed E-state index contributed by atoms with van der Waals surface area (Å²) in [5.74, 6) is 1.35. The molecule has 3 N–H and O–H groups in total. The predicted octanol–water partition coefficient (Wildman–Crippen LogP) is 2.90. The van der Waals surface area contributed by atoms with Gasteiger partial charge in [0.2, 0.25) is 5.95 Å². The van der Waals surface area contributed by atoms with Crippen molar-refractivity contribution in [2.75, 3.05) is 56.2 Å². The molecule has 11 heteroatoms. The van der Waals surface area contributed by atoms with Crippen molar-refractivity contribution in [2.45, 2.75) is 12.6 Å². The number of anilines is 2. The summed E-state index contributed by atoms with van der Waals surface area (Å²) in [5, 5.41) is 6.94. The molecule has 5 heterocycles. The van der Waals surface area contributed by atoms with Crippen LogP contribution in [0.3, 0.4) is 0 Å². The first kappa shape index (κ1) is 21.0. The van der Waals surface area contributed by atoms with Crippen LogP contribution in [-0.2, 0) is 10.9 Å². The van der Waals surface area contributed by atoms with Gasteiger partial charge in [-0.15, -0.1) is 0 Å². The summed E-state index contributed by atoms with van der Waals surface area (Å²) in [6.45, 7) is 5.12. The lowest BCUT2D eigenvalue weighted by Crippen LogP contribution is -2.36. The highest BCUT2D eigenvalue weighted by atomic mass is 19.4. The van der Waals surface area contributed by atoms with E-state index in [4.69, 9.17) is 4.74 Å². The topological polar surface area (TPSA) is 91.0 Å². The van der Waals surface area contributed by atoms with Gasteiger partial charge < -0.3 is 25.3 Å². The van der Waals surface area contributed by atoms with Gasteiger partial charge in [-0.25, -0.2) is 15.0 Å². The standard InChI is InChI=1S/C21H24F3N7O/c22-21(23,24)16-12-28-20(27-10-13-3-4-25-9-13)30-18(16)15-11-26-19-14(15)1-2-17(29-19)31-5-7-32-8-6-31/h1-2,11-13,25H,3-10H2,(H,26,29)(H,27,28,30). The Morgan fingerprint density at radius 1 is 1.19 bits per heavy atom. The number of fused-ring (bicyclic) bond motifs is 1. The molecule has 0 aromatic carbocycles. The highest BCUT2D eigenvalue weighted by Crippen LogP contribution is 2.38. The van der Waals surface area contributed by atoms with Crippen LogP contribution in [0.4, 0.5) is 24.9 Å². The molecule has 3 aromatic rings. The Bertz CT molecular complexity index is 1090. The number of morpholine rings is 1. The Morgan fingerprint density at radius 3 is 2.78 bits per heavy atom. The SMILES string of the molecule is FC(F)(F)c1cnc(NCC2CCNC2)nc1-c1c[nH]c2nc(N3CCOCC3)ccc12. The molecule has 8 nitrogen and oxygen atoms in total. The molecule has 0 amide bonds. The van der Waals surface area contributed by atoms with E-state index >= 15 is 0 Å². The summed E-state index contributed by atoms with van der Waals surface area (Å²) in [7, 11) is 0. The molecule has 2 fully saturated rings. The number of nitrogens with zero attached hydrogens (tertiary/aromatic N) is 4. The van der Waals surface area contributed by atoms with E-state index < -0.39 is 11.7 Å². The fourth-order valence-corrected chi connectivity index (χ4v) is 4.16. The van der Waals surface area contributed by atoms with Gasteiger partial charge in [-0.05, 0) is 37.6 Å². The Hall–Kier alpha value is -2.92. The molecule has 1 atom stereocenters. The maximum atomic E-state index is 13.8. The second kappa shape index (κ2) is 8.55. The zero-order valence-corrected chi connectivity index (χ0v) is 17.4. The Labute approximate surface area is 182 Å². The minimum atomic E-state index is -4.58. The van der Waals surface area contributed by atoms with Crippen molar-refractivity contribution in [3.8, 4) is 11.3 Å². The summed E-state index contributed by atoms with van der Waals surface area (Å²) in [4.78, 5) is 17.9. The summed E-state index contributed by atoms with van der Waals surface area (Å²) >= 11 is 0.